The maximum absolute atomic E-state index is 11.0. The molecule has 1 aliphatic rings. The van der Waals surface area contributed by atoms with Crippen molar-refractivity contribution in [3.05, 3.63) is 0 Å². The van der Waals surface area contributed by atoms with E-state index in [2.05, 4.69) is 0 Å². The Morgan fingerprint density at radius 2 is 1.81 bits per heavy atom. The first kappa shape index (κ1) is 15.4. The first-order valence-corrected chi connectivity index (χ1v) is 5.65. The summed E-state index contributed by atoms with van der Waals surface area (Å²) in [4.78, 5) is 11.0. The molecule has 0 atom stereocenters. The zero-order valence-electron chi connectivity index (χ0n) is 10.7. The Morgan fingerprint density at radius 3 is 2.19 bits per heavy atom. The predicted molar refractivity (Wildman–Crippen MR) is 62.0 cm³/mol. The normalized spacial score (nSPS) is 30.4. The Labute approximate surface area is 97.3 Å². The minimum atomic E-state index is -0.525. The van der Waals surface area contributed by atoms with Gasteiger partial charge in [0.25, 0.3) is 0 Å². The van der Waals surface area contributed by atoms with Crippen molar-refractivity contribution in [1.82, 2.24) is 0 Å². The lowest BCUT2D eigenvalue weighted by atomic mass is 9.73. The molecular formula is C12H24O4. The van der Waals surface area contributed by atoms with Crippen LogP contribution in [0.15, 0.2) is 0 Å². The topological polar surface area (TPSA) is 78.0 Å². The van der Waals surface area contributed by atoms with Crippen LogP contribution in [0.4, 0.5) is 0 Å². The smallest absolute Gasteiger partial charge is 0.303 e. The van der Waals surface area contributed by atoms with Crippen molar-refractivity contribution in [2.75, 3.05) is 0 Å². The number of esters is 1. The van der Waals surface area contributed by atoms with E-state index in [-0.39, 0.29) is 11.4 Å². The summed E-state index contributed by atoms with van der Waals surface area (Å²) in [5.74, 6) is 0.138. The zero-order chi connectivity index (χ0) is 11.7. The standard InChI is InChI=1S/C12H22O3.H2O/c1-9(13)15-11(2,3)10-5-7-12(4,14)8-6-10;/h10,14H,5-8H2,1-4H3;1H2. The van der Waals surface area contributed by atoms with Crippen molar-refractivity contribution in [3.63, 3.8) is 0 Å². The summed E-state index contributed by atoms with van der Waals surface area (Å²) >= 11 is 0. The summed E-state index contributed by atoms with van der Waals surface area (Å²) in [7, 11) is 0. The number of aliphatic hydroxyl groups is 1. The van der Waals surface area contributed by atoms with Crippen LogP contribution < -0.4 is 0 Å². The van der Waals surface area contributed by atoms with E-state index in [9.17, 15) is 9.90 Å². The molecule has 1 saturated carbocycles. The SMILES string of the molecule is CC(=O)OC(C)(C)C1CCC(C)(O)CC1.O. The minimum Gasteiger partial charge on any atom is -0.460 e. The number of rotatable bonds is 2. The van der Waals surface area contributed by atoms with Crippen molar-refractivity contribution >= 4 is 5.97 Å². The van der Waals surface area contributed by atoms with E-state index >= 15 is 0 Å². The fourth-order valence-electron chi connectivity index (χ4n) is 2.39. The molecule has 3 N–H and O–H groups in total. The summed E-state index contributed by atoms with van der Waals surface area (Å²) in [6, 6.07) is 0. The largest absolute Gasteiger partial charge is 0.460 e. The van der Waals surface area contributed by atoms with Crippen molar-refractivity contribution in [1.29, 1.82) is 0 Å². The predicted octanol–water partition coefficient (Wildman–Crippen LogP) is 1.44. The third-order valence-electron chi connectivity index (χ3n) is 3.45. The molecule has 1 fully saturated rings. The Bertz CT molecular complexity index is 235. The molecule has 0 aliphatic heterocycles. The molecule has 0 heterocycles. The summed E-state index contributed by atoms with van der Waals surface area (Å²) in [6.45, 7) is 7.24. The van der Waals surface area contributed by atoms with Gasteiger partial charge in [0.2, 0.25) is 0 Å². The van der Waals surface area contributed by atoms with Gasteiger partial charge in [-0.3, -0.25) is 4.79 Å². The van der Waals surface area contributed by atoms with Gasteiger partial charge >= 0.3 is 5.97 Å². The molecule has 0 unspecified atom stereocenters. The minimum absolute atomic E-state index is 0. The van der Waals surface area contributed by atoms with Crippen molar-refractivity contribution in [3.8, 4) is 0 Å². The second-order valence-electron chi connectivity index (χ2n) is 5.47. The van der Waals surface area contributed by atoms with E-state index in [0.717, 1.165) is 25.7 Å². The average molecular weight is 232 g/mol. The number of carbonyl (C=O) groups is 1. The number of hydrogen-bond acceptors (Lipinski definition) is 3. The molecular weight excluding hydrogens is 208 g/mol. The van der Waals surface area contributed by atoms with E-state index in [1.165, 1.54) is 6.92 Å². The molecule has 4 nitrogen and oxygen atoms in total. The van der Waals surface area contributed by atoms with Crippen molar-refractivity contribution < 1.29 is 20.1 Å². The molecule has 0 saturated heterocycles. The van der Waals surface area contributed by atoms with Gasteiger partial charge < -0.3 is 15.3 Å². The van der Waals surface area contributed by atoms with Crippen LogP contribution in [0.25, 0.3) is 0 Å². The van der Waals surface area contributed by atoms with Gasteiger partial charge in [0.1, 0.15) is 5.60 Å². The fourth-order valence-corrected chi connectivity index (χ4v) is 2.39. The quantitative estimate of drug-likeness (QED) is 0.732. The van der Waals surface area contributed by atoms with E-state index in [1.54, 1.807) is 0 Å². The second kappa shape index (κ2) is 5.15. The number of hydrogen-bond donors (Lipinski definition) is 1. The molecule has 0 amide bonds. The van der Waals surface area contributed by atoms with E-state index in [0.29, 0.717) is 5.92 Å². The number of ether oxygens (including phenoxy) is 1. The van der Waals surface area contributed by atoms with Crippen LogP contribution in [0.5, 0.6) is 0 Å². The maximum Gasteiger partial charge on any atom is 0.303 e. The lowest BCUT2D eigenvalue weighted by Crippen LogP contribution is -2.41. The van der Waals surface area contributed by atoms with E-state index in [1.807, 2.05) is 20.8 Å². The van der Waals surface area contributed by atoms with Crippen LogP contribution in [0.2, 0.25) is 0 Å². The summed E-state index contributed by atoms with van der Waals surface area (Å²) < 4.78 is 5.32. The molecule has 0 aromatic carbocycles. The Morgan fingerprint density at radius 1 is 1.38 bits per heavy atom. The Kier molecular flexibility index (Phi) is 4.95. The highest BCUT2D eigenvalue weighted by Gasteiger charge is 2.38. The van der Waals surface area contributed by atoms with Crippen LogP contribution in [0.1, 0.15) is 53.4 Å². The second-order valence-corrected chi connectivity index (χ2v) is 5.47. The lowest BCUT2D eigenvalue weighted by Gasteiger charge is -2.40. The third-order valence-corrected chi connectivity index (χ3v) is 3.45. The Balaban J connectivity index is 0.00000225. The van der Waals surface area contributed by atoms with Crippen molar-refractivity contribution in [2.45, 2.75) is 64.6 Å². The maximum atomic E-state index is 11.0. The van der Waals surface area contributed by atoms with Crippen LogP contribution >= 0.6 is 0 Å². The van der Waals surface area contributed by atoms with Crippen LogP contribution in [-0.2, 0) is 9.53 Å². The molecule has 1 aliphatic carbocycles. The molecule has 0 spiro atoms. The highest BCUT2D eigenvalue weighted by atomic mass is 16.6. The first-order chi connectivity index (χ1) is 6.73. The molecule has 0 bridgehead atoms. The average Bonchev–Trinajstić information content (AvgIpc) is 2.00. The molecule has 1 rings (SSSR count). The van der Waals surface area contributed by atoms with Gasteiger partial charge in [0, 0.05) is 6.92 Å². The van der Waals surface area contributed by atoms with Gasteiger partial charge in [-0.2, -0.15) is 0 Å². The summed E-state index contributed by atoms with van der Waals surface area (Å²) in [5, 5.41) is 9.83. The number of carbonyl (C=O) groups excluding carboxylic acids is 1. The first-order valence-electron chi connectivity index (χ1n) is 5.65. The summed E-state index contributed by atoms with van der Waals surface area (Å²) in [5.41, 5.74) is -0.925. The van der Waals surface area contributed by atoms with Gasteiger partial charge in [-0.25, -0.2) is 0 Å². The molecule has 4 heteroatoms. The zero-order valence-corrected chi connectivity index (χ0v) is 10.7. The van der Waals surface area contributed by atoms with Gasteiger partial charge in [0.15, 0.2) is 0 Å². The van der Waals surface area contributed by atoms with Gasteiger partial charge in [-0.15, -0.1) is 0 Å². The van der Waals surface area contributed by atoms with Gasteiger partial charge in [0.05, 0.1) is 5.60 Å². The summed E-state index contributed by atoms with van der Waals surface area (Å²) in [6.07, 6.45) is 3.44. The highest BCUT2D eigenvalue weighted by Crippen LogP contribution is 2.38. The molecule has 0 radical (unpaired) electrons. The molecule has 16 heavy (non-hydrogen) atoms. The Hall–Kier alpha value is -0.610. The lowest BCUT2D eigenvalue weighted by molar-refractivity contribution is -0.162. The molecule has 0 aromatic heterocycles. The fraction of sp³-hybridized carbons (Fsp3) is 0.917. The van der Waals surface area contributed by atoms with Crippen molar-refractivity contribution in [2.24, 2.45) is 5.92 Å². The van der Waals surface area contributed by atoms with Gasteiger partial charge in [-0.1, -0.05) is 0 Å². The monoisotopic (exact) mass is 232 g/mol. The highest BCUT2D eigenvalue weighted by molar-refractivity contribution is 5.66. The van der Waals surface area contributed by atoms with Crippen LogP contribution in [-0.4, -0.2) is 27.8 Å². The third kappa shape index (κ3) is 4.10. The molecule has 0 aromatic rings. The molecule has 96 valence electrons. The van der Waals surface area contributed by atoms with Crippen LogP contribution in [0, 0.1) is 5.92 Å². The van der Waals surface area contributed by atoms with Gasteiger partial charge in [-0.05, 0) is 52.4 Å². The van der Waals surface area contributed by atoms with E-state index in [4.69, 9.17) is 4.74 Å². The van der Waals surface area contributed by atoms with E-state index < -0.39 is 11.2 Å². The van der Waals surface area contributed by atoms with Crippen LogP contribution in [0.3, 0.4) is 0 Å².